The molecule has 0 atom stereocenters. The third kappa shape index (κ3) is 5.35. The zero-order valence-corrected chi connectivity index (χ0v) is 11.3. The van der Waals surface area contributed by atoms with E-state index < -0.39 is 17.8 Å². The summed E-state index contributed by atoms with van der Waals surface area (Å²) in [6.45, 7) is 0.837. The number of hydroxylamine groups is 2. The topological polar surface area (TPSA) is 102 Å². The van der Waals surface area contributed by atoms with E-state index in [9.17, 15) is 19.2 Å². The molecule has 0 saturated carbocycles. The lowest BCUT2D eigenvalue weighted by molar-refractivity contribution is -0.197. The third-order valence-electron chi connectivity index (χ3n) is 2.61. The second-order valence-electron chi connectivity index (χ2n) is 4.24. The Bertz CT molecular complexity index is 379. The van der Waals surface area contributed by atoms with E-state index in [0.29, 0.717) is 18.2 Å². The average molecular weight is 286 g/mol. The number of methoxy groups -OCH3 is 1. The van der Waals surface area contributed by atoms with Crippen molar-refractivity contribution in [3.05, 3.63) is 0 Å². The van der Waals surface area contributed by atoms with Gasteiger partial charge in [-0.3, -0.25) is 14.4 Å². The first-order valence-corrected chi connectivity index (χ1v) is 6.37. The molecule has 0 aromatic carbocycles. The fraction of sp³-hybridized carbons (Fsp3) is 0.667. The van der Waals surface area contributed by atoms with Gasteiger partial charge < -0.3 is 14.9 Å². The quantitative estimate of drug-likeness (QED) is 0.478. The Kier molecular flexibility index (Phi) is 6.65. The zero-order chi connectivity index (χ0) is 15.0. The molecule has 1 fully saturated rings. The first-order chi connectivity index (χ1) is 9.54. The fourth-order valence-electron chi connectivity index (χ4n) is 1.58. The van der Waals surface area contributed by atoms with Crippen LogP contribution in [0.15, 0.2) is 0 Å². The zero-order valence-electron chi connectivity index (χ0n) is 11.3. The first kappa shape index (κ1) is 16.1. The van der Waals surface area contributed by atoms with Crippen molar-refractivity contribution < 1.29 is 28.8 Å². The highest BCUT2D eigenvalue weighted by Gasteiger charge is 2.32. The lowest BCUT2D eigenvalue weighted by Crippen LogP contribution is -2.32. The molecular formula is C12H18N2O6. The smallest absolute Gasteiger partial charge is 0.333 e. The van der Waals surface area contributed by atoms with Crippen LogP contribution >= 0.6 is 0 Å². The van der Waals surface area contributed by atoms with Crippen LogP contribution in [0, 0.1) is 0 Å². The van der Waals surface area contributed by atoms with Crippen LogP contribution in [-0.2, 0) is 28.8 Å². The van der Waals surface area contributed by atoms with Crippen molar-refractivity contribution in [2.75, 3.05) is 20.3 Å². The molecule has 0 bridgehead atoms. The van der Waals surface area contributed by atoms with Gasteiger partial charge in [-0.25, -0.2) is 4.79 Å². The Labute approximate surface area is 116 Å². The molecule has 112 valence electrons. The monoisotopic (exact) mass is 286 g/mol. The number of nitrogens with one attached hydrogen (secondary N) is 1. The number of carbonyl (C=O) groups is 4. The first-order valence-electron chi connectivity index (χ1n) is 6.37. The molecule has 1 aliphatic heterocycles. The third-order valence-corrected chi connectivity index (χ3v) is 2.61. The largest absolute Gasteiger partial charge is 0.383 e. The second-order valence-corrected chi connectivity index (χ2v) is 4.24. The minimum absolute atomic E-state index is 0.0330. The van der Waals surface area contributed by atoms with E-state index in [2.05, 4.69) is 10.2 Å². The van der Waals surface area contributed by atoms with Crippen molar-refractivity contribution in [3.8, 4) is 0 Å². The van der Waals surface area contributed by atoms with E-state index in [4.69, 9.17) is 4.74 Å². The Morgan fingerprint density at radius 2 is 1.85 bits per heavy atom. The standard InChI is InChI=1S/C12H18N2O6/c1-19-8-7-13-9(15)3-2-4-12(18)20-14-10(16)5-6-11(14)17/h2-8H2,1H3,(H,13,15). The molecule has 0 radical (unpaired) electrons. The molecule has 0 aliphatic carbocycles. The molecule has 8 heteroatoms. The highest BCUT2D eigenvalue weighted by molar-refractivity contribution is 6.01. The highest BCUT2D eigenvalue weighted by atomic mass is 16.7. The summed E-state index contributed by atoms with van der Waals surface area (Å²) in [6.07, 6.45) is 0.547. The van der Waals surface area contributed by atoms with Gasteiger partial charge in [-0.15, -0.1) is 5.06 Å². The van der Waals surface area contributed by atoms with E-state index in [1.54, 1.807) is 0 Å². The van der Waals surface area contributed by atoms with Crippen molar-refractivity contribution in [3.63, 3.8) is 0 Å². The number of nitrogens with zero attached hydrogens (tertiary/aromatic N) is 1. The van der Waals surface area contributed by atoms with Crippen LogP contribution < -0.4 is 5.32 Å². The van der Waals surface area contributed by atoms with Gasteiger partial charge in [-0.2, -0.15) is 0 Å². The summed E-state index contributed by atoms with van der Waals surface area (Å²) in [7, 11) is 1.53. The summed E-state index contributed by atoms with van der Waals surface area (Å²) in [5.41, 5.74) is 0. The molecule has 1 aliphatic rings. The molecule has 0 aromatic heterocycles. The predicted octanol–water partition coefficient (Wildman–Crippen LogP) is -0.474. The fourth-order valence-corrected chi connectivity index (χ4v) is 1.58. The Morgan fingerprint density at radius 3 is 2.45 bits per heavy atom. The van der Waals surface area contributed by atoms with E-state index in [1.165, 1.54) is 7.11 Å². The normalized spacial score (nSPS) is 14.6. The number of rotatable bonds is 8. The number of amides is 3. The molecule has 0 aromatic rings. The van der Waals surface area contributed by atoms with Crippen molar-refractivity contribution in [2.24, 2.45) is 0 Å². The van der Waals surface area contributed by atoms with Gasteiger partial charge in [-0.05, 0) is 6.42 Å². The van der Waals surface area contributed by atoms with Crippen LogP contribution in [0.4, 0.5) is 0 Å². The molecular weight excluding hydrogens is 268 g/mol. The number of carbonyl (C=O) groups excluding carboxylic acids is 4. The van der Waals surface area contributed by atoms with Crippen molar-refractivity contribution in [2.45, 2.75) is 32.1 Å². The van der Waals surface area contributed by atoms with Gasteiger partial charge in [0, 0.05) is 39.3 Å². The Morgan fingerprint density at radius 1 is 1.20 bits per heavy atom. The van der Waals surface area contributed by atoms with Crippen LogP contribution in [0.5, 0.6) is 0 Å². The van der Waals surface area contributed by atoms with Gasteiger partial charge in [0.2, 0.25) is 5.91 Å². The Hall–Kier alpha value is -1.96. The van der Waals surface area contributed by atoms with Crippen LogP contribution in [-0.4, -0.2) is 49.0 Å². The SMILES string of the molecule is COCCNC(=O)CCCC(=O)ON1C(=O)CCC1=O. The summed E-state index contributed by atoms with van der Waals surface area (Å²) >= 11 is 0. The summed E-state index contributed by atoms with van der Waals surface area (Å²) in [5.74, 6) is -1.91. The lowest BCUT2D eigenvalue weighted by atomic mass is 10.2. The molecule has 0 unspecified atom stereocenters. The van der Waals surface area contributed by atoms with Gasteiger partial charge in [0.05, 0.1) is 6.61 Å². The van der Waals surface area contributed by atoms with Crippen molar-refractivity contribution in [1.82, 2.24) is 10.4 Å². The van der Waals surface area contributed by atoms with Gasteiger partial charge in [0.1, 0.15) is 0 Å². The number of hydrogen-bond donors (Lipinski definition) is 1. The van der Waals surface area contributed by atoms with Crippen LogP contribution in [0.25, 0.3) is 0 Å². The molecule has 20 heavy (non-hydrogen) atoms. The summed E-state index contributed by atoms with van der Waals surface area (Å²) in [4.78, 5) is 49.8. The predicted molar refractivity (Wildman–Crippen MR) is 65.9 cm³/mol. The minimum atomic E-state index is -0.696. The van der Waals surface area contributed by atoms with E-state index in [0.717, 1.165) is 0 Å². The van der Waals surface area contributed by atoms with Crippen LogP contribution in [0.1, 0.15) is 32.1 Å². The van der Waals surface area contributed by atoms with Crippen molar-refractivity contribution in [1.29, 1.82) is 0 Å². The molecule has 1 N–H and O–H groups in total. The maximum absolute atomic E-state index is 11.4. The Balaban J connectivity index is 2.15. The average Bonchev–Trinajstić information content (AvgIpc) is 2.71. The molecule has 8 nitrogen and oxygen atoms in total. The maximum Gasteiger partial charge on any atom is 0.333 e. The van der Waals surface area contributed by atoms with E-state index in [1.807, 2.05) is 0 Å². The molecule has 1 saturated heterocycles. The number of ether oxygens (including phenoxy) is 1. The van der Waals surface area contributed by atoms with Crippen LogP contribution in [0.2, 0.25) is 0 Å². The van der Waals surface area contributed by atoms with E-state index >= 15 is 0 Å². The van der Waals surface area contributed by atoms with Gasteiger partial charge in [0.25, 0.3) is 11.8 Å². The number of hydrogen-bond acceptors (Lipinski definition) is 6. The highest BCUT2D eigenvalue weighted by Crippen LogP contribution is 2.13. The summed E-state index contributed by atoms with van der Waals surface area (Å²) in [5, 5.41) is 3.11. The summed E-state index contributed by atoms with van der Waals surface area (Å²) < 4.78 is 4.77. The molecule has 3 amide bonds. The maximum atomic E-state index is 11.4. The van der Waals surface area contributed by atoms with Gasteiger partial charge in [0.15, 0.2) is 0 Å². The minimum Gasteiger partial charge on any atom is -0.383 e. The van der Waals surface area contributed by atoms with Gasteiger partial charge >= 0.3 is 5.97 Å². The van der Waals surface area contributed by atoms with Crippen LogP contribution in [0.3, 0.4) is 0 Å². The molecule has 0 spiro atoms. The van der Waals surface area contributed by atoms with E-state index in [-0.39, 0.29) is 38.0 Å². The molecule has 1 rings (SSSR count). The second kappa shape index (κ2) is 8.26. The van der Waals surface area contributed by atoms with Crippen molar-refractivity contribution >= 4 is 23.7 Å². The molecule has 1 heterocycles. The summed E-state index contributed by atoms with van der Waals surface area (Å²) in [6, 6.07) is 0. The lowest BCUT2D eigenvalue weighted by Gasteiger charge is -2.12. The number of imide groups is 1. The van der Waals surface area contributed by atoms with Gasteiger partial charge in [-0.1, -0.05) is 0 Å².